The molecule has 0 spiro atoms. The molecule has 228 valence electrons. The number of aromatic nitrogens is 6. The molecule has 2 amide bonds. The van der Waals surface area contributed by atoms with E-state index in [1.165, 1.54) is 6.20 Å². The molecule has 14 heteroatoms. The van der Waals surface area contributed by atoms with E-state index < -0.39 is 6.04 Å². The minimum absolute atomic E-state index is 0.226. The van der Waals surface area contributed by atoms with E-state index in [4.69, 9.17) is 16.6 Å². The van der Waals surface area contributed by atoms with Gasteiger partial charge in [-0.1, -0.05) is 35.0 Å². The van der Waals surface area contributed by atoms with Crippen LogP contribution in [0.1, 0.15) is 41.5 Å². The number of pyridine rings is 1. The second kappa shape index (κ2) is 12.2. The lowest BCUT2D eigenvalue weighted by molar-refractivity contribution is -0.125. The molecular weight excluding hydrogens is 582 g/mol. The summed E-state index contributed by atoms with van der Waals surface area (Å²) in [4.78, 5) is 46.7. The molecule has 1 saturated heterocycles. The average molecular weight is 616 g/mol. The number of anilines is 3. The Hall–Kier alpha value is -4.62. The van der Waals surface area contributed by atoms with E-state index in [9.17, 15) is 9.59 Å². The van der Waals surface area contributed by atoms with E-state index in [2.05, 4.69) is 47.8 Å². The standard InChI is InChI=1S/C30H34ClN11O2/c1-18(24-6-5-7-26(34-24)41-12-10-39(3)11-13-41)33-28(43)19(2)42-16-21-9-8-20(14-22(21)29(42)44)27-23(31)15-32-30(36-27)35-25-17-40(4)38-37-25/h5-9,14-15,17-19H,10-13,16H2,1-4H3,(H,33,43)(H,32,35,36)/t18-,19-/m1/s1. The first-order valence-corrected chi connectivity index (χ1v) is 14.8. The summed E-state index contributed by atoms with van der Waals surface area (Å²) in [6.07, 6.45) is 3.19. The Morgan fingerprint density at radius 1 is 1.05 bits per heavy atom. The van der Waals surface area contributed by atoms with Crippen molar-refractivity contribution in [1.82, 2.24) is 45.1 Å². The molecule has 0 bridgehead atoms. The number of piperazine rings is 1. The highest BCUT2D eigenvalue weighted by Gasteiger charge is 2.35. The molecule has 1 fully saturated rings. The van der Waals surface area contributed by atoms with E-state index in [-0.39, 0.29) is 17.9 Å². The molecule has 0 saturated carbocycles. The number of rotatable bonds is 8. The monoisotopic (exact) mass is 615 g/mol. The lowest BCUT2D eigenvalue weighted by atomic mass is 10.0. The van der Waals surface area contributed by atoms with Gasteiger partial charge in [-0.25, -0.2) is 15.0 Å². The molecular formula is C30H34ClN11O2. The lowest BCUT2D eigenvalue weighted by Gasteiger charge is -2.33. The van der Waals surface area contributed by atoms with Crippen LogP contribution in [0.25, 0.3) is 11.3 Å². The fourth-order valence-corrected chi connectivity index (χ4v) is 5.57. The number of amides is 2. The van der Waals surface area contributed by atoms with Crippen molar-refractivity contribution >= 4 is 41.0 Å². The molecule has 3 aromatic heterocycles. The normalized spacial score (nSPS) is 16.5. The Balaban J connectivity index is 1.13. The largest absolute Gasteiger partial charge is 0.354 e. The fraction of sp³-hybridized carbons (Fsp3) is 0.367. The maximum Gasteiger partial charge on any atom is 0.255 e. The number of likely N-dealkylation sites (N-methyl/N-ethyl adjacent to an activating group) is 1. The highest BCUT2D eigenvalue weighted by Crippen LogP contribution is 2.32. The second-order valence-electron chi connectivity index (χ2n) is 11.2. The third kappa shape index (κ3) is 6.06. The molecule has 4 aromatic rings. The van der Waals surface area contributed by atoms with Gasteiger partial charge in [-0.2, -0.15) is 0 Å². The topological polar surface area (TPSA) is 137 Å². The summed E-state index contributed by atoms with van der Waals surface area (Å²) >= 11 is 6.46. The summed E-state index contributed by atoms with van der Waals surface area (Å²) in [6.45, 7) is 7.77. The fourth-order valence-electron chi connectivity index (χ4n) is 5.37. The highest BCUT2D eigenvalue weighted by molar-refractivity contribution is 6.33. The Bertz CT molecular complexity index is 1700. The zero-order valence-corrected chi connectivity index (χ0v) is 25.8. The highest BCUT2D eigenvalue weighted by atomic mass is 35.5. The van der Waals surface area contributed by atoms with Crippen molar-refractivity contribution in [3.8, 4) is 11.3 Å². The van der Waals surface area contributed by atoms with E-state index in [1.54, 1.807) is 35.8 Å². The summed E-state index contributed by atoms with van der Waals surface area (Å²) in [6, 6.07) is 10.4. The zero-order chi connectivity index (χ0) is 31.0. The van der Waals surface area contributed by atoms with E-state index in [1.807, 2.05) is 37.3 Å². The first-order chi connectivity index (χ1) is 21.2. The number of benzene rings is 1. The summed E-state index contributed by atoms with van der Waals surface area (Å²) in [7, 11) is 3.88. The number of carbonyl (C=O) groups excluding carboxylic acids is 2. The molecule has 2 aliphatic rings. The number of carbonyl (C=O) groups is 2. The third-order valence-corrected chi connectivity index (χ3v) is 8.31. The first-order valence-electron chi connectivity index (χ1n) is 14.5. The van der Waals surface area contributed by atoms with E-state index in [0.717, 1.165) is 43.3 Å². The molecule has 13 nitrogen and oxygen atoms in total. The van der Waals surface area contributed by atoms with Crippen LogP contribution in [0.4, 0.5) is 17.6 Å². The summed E-state index contributed by atoms with van der Waals surface area (Å²) in [5.74, 6) is 1.22. The quantitative estimate of drug-likeness (QED) is 0.304. The van der Waals surface area contributed by atoms with Crippen molar-refractivity contribution in [3.05, 3.63) is 70.6 Å². The molecule has 0 unspecified atom stereocenters. The van der Waals surface area contributed by atoms with Crippen LogP contribution in [-0.2, 0) is 18.4 Å². The average Bonchev–Trinajstić information content (AvgIpc) is 3.59. The number of fused-ring (bicyclic) bond motifs is 1. The van der Waals surface area contributed by atoms with Gasteiger partial charge in [0.1, 0.15) is 11.9 Å². The van der Waals surface area contributed by atoms with Gasteiger partial charge in [-0.15, -0.1) is 5.10 Å². The van der Waals surface area contributed by atoms with Gasteiger partial charge in [-0.05, 0) is 44.7 Å². The van der Waals surface area contributed by atoms with Crippen LogP contribution in [0, 0.1) is 0 Å². The van der Waals surface area contributed by atoms with Crippen molar-refractivity contribution < 1.29 is 9.59 Å². The van der Waals surface area contributed by atoms with Gasteiger partial charge in [0.15, 0.2) is 5.82 Å². The first kappa shape index (κ1) is 29.5. The van der Waals surface area contributed by atoms with Gasteiger partial charge in [0.25, 0.3) is 5.91 Å². The summed E-state index contributed by atoms with van der Waals surface area (Å²) in [5.41, 5.74) is 3.24. The van der Waals surface area contributed by atoms with Gasteiger partial charge in [0.2, 0.25) is 11.9 Å². The number of hydrogen-bond acceptors (Lipinski definition) is 10. The number of halogens is 1. The SMILES string of the molecule is C[C@H](C(=O)N[C@H](C)c1cccc(N2CCN(C)CC2)n1)N1Cc2ccc(-c3nc(Nc4cn(C)nn4)ncc3Cl)cc2C1=O. The molecule has 44 heavy (non-hydrogen) atoms. The number of nitrogens with one attached hydrogen (secondary N) is 2. The molecule has 2 N–H and O–H groups in total. The van der Waals surface area contributed by atoms with Crippen LogP contribution in [0.15, 0.2) is 48.8 Å². The van der Waals surface area contributed by atoms with Gasteiger partial charge in [-0.3, -0.25) is 14.3 Å². The summed E-state index contributed by atoms with van der Waals surface area (Å²) < 4.78 is 1.56. The second-order valence-corrected chi connectivity index (χ2v) is 11.6. The number of aryl methyl sites for hydroxylation is 1. The van der Waals surface area contributed by atoms with Crippen LogP contribution in [0.5, 0.6) is 0 Å². The third-order valence-electron chi connectivity index (χ3n) is 8.03. The minimum atomic E-state index is -0.688. The van der Waals surface area contributed by atoms with Crippen LogP contribution < -0.4 is 15.5 Å². The van der Waals surface area contributed by atoms with Gasteiger partial charge in [0, 0.05) is 50.9 Å². The van der Waals surface area contributed by atoms with Crippen molar-refractivity contribution in [3.63, 3.8) is 0 Å². The molecule has 0 aliphatic carbocycles. The Labute approximate surface area is 260 Å². The van der Waals surface area contributed by atoms with Gasteiger partial charge >= 0.3 is 0 Å². The van der Waals surface area contributed by atoms with Crippen LogP contribution >= 0.6 is 11.6 Å². The molecule has 2 atom stereocenters. The van der Waals surface area contributed by atoms with Crippen LogP contribution in [-0.4, -0.2) is 90.8 Å². The maximum atomic E-state index is 13.5. The van der Waals surface area contributed by atoms with E-state index >= 15 is 0 Å². The van der Waals surface area contributed by atoms with Crippen molar-refractivity contribution in [2.75, 3.05) is 43.4 Å². The van der Waals surface area contributed by atoms with Crippen molar-refractivity contribution in [2.24, 2.45) is 7.05 Å². The lowest BCUT2D eigenvalue weighted by Crippen LogP contribution is -2.46. The smallest absolute Gasteiger partial charge is 0.255 e. The molecule has 0 radical (unpaired) electrons. The molecule has 5 heterocycles. The van der Waals surface area contributed by atoms with Gasteiger partial charge in [0.05, 0.1) is 34.8 Å². The number of nitrogens with zero attached hydrogens (tertiary/aromatic N) is 9. The molecule has 2 aliphatic heterocycles. The number of hydrogen-bond donors (Lipinski definition) is 2. The predicted octanol–water partition coefficient (Wildman–Crippen LogP) is 3.04. The molecule has 6 rings (SSSR count). The zero-order valence-electron chi connectivity index (χ0n) is 25.0. The minimum Gasteiger partial charge on any atom is -0.354 e. The van der Waals surface area contributed by atoms with Crippen LogP contribution in [0.3, 0.4) is 0 Å². The van der Waals surface area contributed by atoms with E-state index in [0.29, 0.717) is 40.2 Å². The Morgan fingerprint density at radius 2 is 1.84 bits per heavy atom. The Kier molecular flexibility index (Phi) is 8.15. The van der Waals surface area contributed by atoms with Crippen molar-refractivity contribution in [2.45, 2.75) is 32.5 Å². The predicted molar refractivity (Wildman–Crippen MR) is 167 cm³/mol. The molecule has 1 aromatic carbocycles. The van der Waals surface area contributed by atoms with Crippen molar-refractivity contribution in [1.29, 1.82) is 0 Å². The van der Waals surface area contributed by atoms with Gasteiger partial charge < -0.3 is 25.3 Å². The van der Waals surface area contributed by atoms with Crippen LogP contribution in [0.2, 0.25) is 5.02 Å². The maximum absolute atomic E-state index is 13.5. The Morgan fingerprint density at radius 3 is 2.59 bits per heavy atom. The summed E-state index contributed by atoms with van der Waals surface area (Å²) in [5, 5.41) is 14.3.